The molecule has 0 bridgehead atoms. The molecule has 0 saturated carbocycles. The lowest BCUT2D eigenvalue weighted by Crippen LogP contribution is -2.38. The topological polar surface area (TPSA) is 85.9 Å². The zero-order chi connectivity index (χ0) is 21.3. The van der Waals surface area contributed by atoms with Crippen molar-refractivity contribution in [2.75, 3.05) is 20.6 Å². The largest absolute Gasteiger partial charge is 0.337 e. The summed E-state index contributed by atoms with van der Waals surface area (Å²) in [5.74, 6) is 0.344. The van der Waals surface area contributed by atoms with Gasteiger partial charge in [-0.05, 0) is 38.2 Å². The molecule has 8 heteroatoms. The van der Waals surface area contributed by atoms with Gasteiger partial charge in [0.1, 0.15) is 0 Å². The highest BCUT2D eigenvalue weighted by molar-refractivity contribution is 5.73. The van der Waals surface area contributed by atoms with E-state index in [2.05, 4.69) is 20.1 Å². The van der Waals surface area contributed by atoms with Crippen molar-refractivity contribution < 1.29 is 0 Å². The molecule has 0 atom stereocenters. The van der Waals surface area contributed by atoms with Crippen LogP contribution in [0.3, 0.4) is 0 Å². The van der Waals surface area contributed by atoms with Crippen LogP contribution in [0.15, 0.2) is 64.2 Å². The molecule has 0 aliphatic rings. The van der Waals surface area contributed by atoms with E-state index in [0.29, 0.717) is 11.5 Å². The Balaban J connectivity index is 1.82. The number of aromatic nitrogens is 5. The Morgan fingerprint density at radius 2 is 1.63 bits per heavy atom. The van der Waals surface area contributed by atoms with Crippen LogP contribution in [0.1, 0.15) is 5.56 Å². The Morgan fingerprint density at radius 1 is 0.933 bits per heavy atom. The molecule has 0 fully saturated rings. The molecular weight excluding hydrogens is 380 g/mol. The lowest BCUT2D eigenvalue weighted by Gasteiger charge is -2.11. The number of hydrogen-bond donors (Lipinski definition) is 0. The first-order valence-electron chi connectivity index (χ1n) is 9.61. The van der Waals surface area contributed by atoms with Crippen LogP contribution in [0.5, 0.6) is 0 Å². The molecule has 0 N–H and O–H groups in total. The van der Waals surface area contributed by atoms with Crippen molar-refractivity contribution in [1.82, 2.24) is 29.2 Å². The molecule has 2 heterocycles. The predicted octanol–water partition coefficient (Wildman–Crippen LogP) is 1.65. The number of para-hydroxylation sites is 1. The Labute approximate surface area is 173 Å². The molecule has 4 aromatic rings. The van der Waals surface area contributed by atoms with E-state index in [1.54, 1.807) is 12.1 Å². The van der Waals surface area contributed by atoms with E-state index < -0.39 is 11.2 Å². The number of hydrogen-bond acceptors (Lipinski definition) is 6. The smallest absolute Gasteiger partial charge is 0.309 e. The van der Waals surface area contributed by atoms with Crippen molar-refractivity contribution in [3.05, 3.63) is 81.0 Å². The van der Waals surface area contributed by atoms with Crippen molar-refractivity contribution in [3.8, 4) is 17.1 Å². The summed E-state index contributed by atoms with van der Waals surface area (Å²) < 4.78 is 2.39. The third kappa shape index (κ3) is 3.65. The molecule has 4 rings (SSSR count). The highest BCUT2D eigenvalue weighted by Gasteiger charge is 2.17. The molecule has 0 saturated heterocycles. The van der Waals surface area contributed by atoms with Gasteiger partial charge in [0, 0.05) is 19.2 Å². The fraction of sp³-hybridized carbons (Fsp3) is 0.227. The summed E-state index contributed by atoms with van der Waals surface area (Å²) >= 11 is 0. The normalized spacial score (nSPS) is 11.3. The molecule has 8 nitrogen and oxygen atoms in total. The van der Waals surface area contributed by atoms with Crippen molar-refractivity contribution in [3.63, 3.8) is 0 Å². The number of fused-ring (bicyclic) bond motifs is 1. The van der Waals surface area contributed by atoms with Crippen LogP contribution in [-0.2, 0) is 13.5 Å². The van der Waals surface area contributed by atoms with Gasteiger partial charge in [-0.3, -0.25) is 9.36 Å². The molecule has 0 spiro atoms. The molecule has 0 amide bonds. The van der Waals surface area contributed by atoms with E-state index in [1.807, 2.05) is 56.6 Å². The summed E-state index contributed by atoms with van der Waals surface area (Å²) in [5.41, 5.74) is 1.81. The zero-order valence-electron chi connectivity index (χ0n) is 17.1. The average molecular weight is 402 g/mol. The minimum Gasteiger partial charge on any atom is -0.309 e. The zero-order valence-corrected chi connectivity index (χ0v) is 17.1. The molecule has 0 aliphatic heterocycles. The standard InChI is InChI=1S/C22H22N6O2/c1-26(2)14-13-15-9-11-16(12-10-15)19-23-18-20(25-24-19)28(17-7-5-4-6-8-17)22(30)27(3)21(18)29/h4-12H,13-14H2,1-3H3. The Hall–Kier alpha value is -3.65. The lowest BCUT2D eigenvalue weighted by molar-refractivity contribution is 0.413. The molecule has 0 aliphatic carbocycles. The van der Waals surface area contributed by atoms with Gasteiger partial charge in [-0.1, -0.05) is 42.5 Å². The maximum Gasteiger partial charge on any atom is 0.337 e. The summed E-state index contributed by atoms with van der Waals surface area (Å²) in [7, 11) is 5.52. The van der Waals surface area contributed by atoms with Crippen LogP contribution in [-0.4, -0.2) is 49.9 Å². The van der Waals surface area contributed by atoms with Crippen LogP contribution < -0.4 is 11.2 Å². The first-order valence-corrected chi connectivity index (χ1v) is 9.61. The van der Waals surface area contributed by atoms with E-state index in [0.717, 1.165) is 23.1 Å². The van der Waals surface area contributed by atoms with Crippen LogP contribution in [0.25, 0.3) is 28.2 Å². The van der Waals surface area contributed by atoms with Crippen molar-refractivity contribution in [1.29, 1.82) is 0 Å². The van der Waals surface area contributed by atoms with Gasteiger partial charge in [0.25, 0.3) is 5.56 Å². The van der Waals surface area contributed by atoms with Gasteiger partial charge in [0.2, 0.25) is 0 Å². The Bertz CT molecular complexity index is 1310. The average Bonchev–Trinajstić information content (AvgIpc) is 2.77. The van der Waals surface area contributed by atoms with Gasteiger partial charge in [-0.2, -0.15) is 0 Å². The number of rotatable bonds is 5. The van der Waals surface area contributed by atoms with Gasteiger partial charge in [-0.25, -0.2) is 14.3 Å². The summed E-state index contributed by atoms with van der Waals surface area (Å²) in [6, 6.07) is 16.9. The third-order valence-corrected chi connectivity index (χ3v) is 4.94. The summed E-state index contributed by atoms with van der Waals surface area (Å²) in [5, 5.41) is 8.41. The highest BCUT2D eigenvalue weighted by atomic mass is 16.2. The third-order valence-electron chi connectivity index (χ3n) is 4.94. The maximum atomic E-state index is 12.7. The number of likely N-dealkylation sites (N-methyl/N-ethyl adjacent to an activating group) is 1. The van der Waals surface area contributed by atoms with Crippen LogP contribution >= 0.6 is 0 Å². The van der Waals surface area contributed by atoms with Crippen molar-refractivity contribution in [2.45, 2.75) is 6.42 Å². The second kappa shape index (κ2) is 8.00. The van der Waals surface area contributed by atoms with Crippen molar-refractivity contribution >= 4 is 11.2 Å². The van der Waals surface area contributed by atoms with Crippen LogP contribution in [0.2, 0.25) is 0 Å². The Kier molecular flexibility index (Phi) is 5.24. The van der Waals surface area contributed by atoms with Gasteiger partial charge < -0.3 is 4.90 Å². The fourth-order valence-corrected chi connectivity index (χ4v) is 3.21. The van der Waals surface area contributed by atoms with Gasteiger partial charge in [0.05, 0.1) is 5.69 Å². The highest BCUT2D eigenvalue weighted by Crippen LogP contribution is 2.17. The molecule has 2 aromatic heterocycles. The van der Waals surface area contributed by atoms with E-state index in [9.17, 15) is 9.59 Å². The predicted molar refractivity (Wildman–Crippen MR) is 116 cm³/mol. The molecular formula is C22H22N6O2. The van der Waals surface area contributed by atoms with Crippen LogP contribution in [0.4, 0.5) is 0 Å². The fourth-order valence-electron chi connectivity index (χ4n) is 3.21. The second-order valence-corrected chi connectivity index (χ2v) is 7.38. The maximum absolute atomic E-state index is 12.7. The van der Waals surface area contributed by atoms with E-state index in [1.165, 1.54) is 17.2 Å². The monoisotopic (exact) mass is 402 g/mol. The van der Waals surface area contributed by atoms with E-state index >= 15 is 0 Å². The SMILES string of the molecule is CN(C)CCc1ccc(-c2nnc3c(n2)c(=O)n(C)c(=O)n3-c2ccccc2)cc1. The van der Waals surface area contributed by atoms with Gasteiger partial charge >= 0.3 is 5.69 Å². The van der Waals surface area contributed by atoms with E-state index in [4.69, 9.17) is 0 Å². The number of nitrogens with zero attached hydrogens (tertiary/aromatic N) is 6. The van der Waals surface area contributed by atoms with Crippen molar-refractivity contribution in [2.24, 2.45) is 7.05 Å². The summed E-state index contributed by atoms with van der Waals surface area (Å²) in [4.78, 5) is 32.1. The van der Waals surface area contributed by atoms with Gasteiger partial charge in [-0.15, -0.1) is 10.2 Å². The lowest BCUT2D eigenvalue weighted by atomic mass is 10.1. The van der Waals surface area contributed by atoms with Crippen LogP contribution in [0, 0.1) is 0 Å². The molecule has 152 valence electrons. The van der Waals surface area contributed by atoms with Gasteiger partial charge in [0.15, 0.2) is 17.0 Å². The first-order chi connectivity index (χ1) is 14.5. The minimum absolute atomic E-state index is 0.0997. The summed E-state index contributed by atoms with van der Waals surface area (Å²) in [6.07, 6.45) is 0.938. The molecule has 0 unspecified atom stereocenters. The second-order valence-electron chi connectivity index (χ2n) is 7.38. The summed E-state index contributed by atoms with van der Waals surface area (Å²) in [6.45, 7) is 0.959. The minimum atomic E-state index is -0.499. The molecule has 2 aromatic carbocycles. The van der Waals surface area contributed by atoms with E-state index in [-0.39, 0.29) is 11.2 Å². The molecule has 0 radical (unpaired) electrons. The molecule has 30 heavy (non-hydrogen) atoms. The Morgan fingerprint density at radius 3 is 2.30 bits per heavy atom. The number of benzene rings is 2. The first kappa shape index (κ1) is 19.7. The quantitative estimate of drug-likeness (QED) is 0.505.